The summed E-state index contributed by atoms with van der Waals surface area (Å²) >= 11 is 0. The van der Waals surface area contributed by atoms with Crippen molar-refractivity contribution < 1.29 is 0 Å². The van der Waals surface area contributed by atoms with E-state index in [9.17, 15) is 0 Å². The molecule has 0 radical (unpaired) electrons. The van der Waals surface area contributed by atoms with Gasteiger partial charge in [0.2, 0.25) is 0 Å². The summed E-state index contributed by atoms with van der Waals surface area (Å²) in [6.45, 7) is 9.17. The standard InChI is InChI=1S/C13H22N4/c1-9(2)13-15-10(3)6-12(16-13)17-5-4-11(7-14)8-17/h6,9,11H,4-5,7-8,14H2,1-3H3. The van der Waals surface area contributed by atoms with Gasteiger partial charge in [-0.3, -0.25) is 0 Å². The van der Waals surface area contributed by atoms with Crippen LogP contribution in [0.2, 0.25) is 0 Å². The zero-order valence-electron chi connectivity index (χ0n) is 11.0. The number of anilines is 1. The maximum Gasteiger partial charge on any atom is 0.133 e. The minimum Gasteiger partial charge on any atom is -0.356 e. The minimum atomic E-state index is 0.376. The molecule has 0 amide bonds. The Balaban J connectivity index is 2.21. The summed E-state index contributed by atoms with van der Waals surface area (Å²) in [6, 6.07) is 2.07. The summed E-state index contributed by atoms with van der Waals surface area (Å²) in [6.07, 6.45) is 1.18. The monoisotopic (exact) mass is 234 g/mol. The second-order valence-electron chi connectivity index (χ2n) is 5.22. The molecule has 2 rings (SSSR count). The molecule has 0 bridgehead atoms. The van der Waals surface area contributed by atoms with Crippen molar-refractivity contribution in [3.63, 3.8) is 0 Å². The Kier molecular flexibility index (Phi) is 3.62. The van der Waals surface area contributed by atoms with E-state index in [-0.39, 0.29) is 0 Å². The molecular formula is C13H22N4. The van der Waals surface area contributed by atoms with E-state index in [1.54, 1.807) is 0 Å². The van der Waals surface area contributed by atoms with Gasteiger partial charge in [-0.05, 0) is 25.8 Å². The van der Waals surface area contributed by atoms with Gasteiger partial charge in [0, 0.05) is 30.8 Å². The molecule has 4 heteroatoms. The molecule has 1 aromatic rings. The first-order valence-corrected chi connectivity index (χ1v) is 6.40. The molecule has 1 atom stereocenters. The fourth-order valence-corrected chi connectivity index (χ4v) is 2.23. The Morgan fingerprint density at radius 3 is 2.82 bits per heavy atom. The number of rotatable bonds is 3. The molecule has 0 spiro atoms. The molecule has 1 saturated heterocycles. The molecule has 1 aliphatic rings. The van der Waals surface area contributed by atoms with Gasteiger partial charge in [0.1, 0.15) is 11.6 Å². The van der Waals surface area contributed by atoms with Crippen LogP contribution in [0.5, 0.6) is 0 Å². The van der Waals surface area contributed by atoms with E-state index in [0.29, 0.717) is 11.8 Å². The molecule has 2 heterocycles. The number of aryl methyl sites for hydroxylation is 1. The van der Waals surface area contributed by atoms with Crippen molar-refractivity contribution in [1.29, 1.82) is 0 Å². The van der Waals surface area contributed by atoms with E-state index in [0.717, 1.165) is 37.0 Å². The molecule has 1 aromatic heterocycles. The Labute approximate surface area is 103 Å². The zero-order chi connectivity index (χ0) is 12.4. The zero-order valence-corrected chi connectivity index (χ0v) is 11.0. The SMILES string of the molecule is Cc1cc(N2CCC(CN)C2)nc(C(C)C)n1. The van der Waals surface area contributed by atoms with Crippen LogP contribution < -0.4 is 10.6 Å². The van der Waals surface area contributed by atoms with Crippen molar-refractivity contribution in [1.82, 2.24) is 9.97 Å². The van der Waals surface area contributed by atoms with Crippen molar-refractivity contribution >= 4 is 5.82 Å². The lowest BCUT2D eigenvalue weighted by Gasteiger charge is -2.19. The second-order valence-corrected chi connectivity index (χ2v) is 5.22. The van der Waals surface area contributed by atoms with E-state index in [1.807, 2.05) is 6.92 Å². The number of hydrogen-bond donors (Lipinski definition) is 1. The van der Waals surface area contributed by atoms with Gasteiger partial charge in [-0.1, -0.05) is 13.8 Å². The lowest BCUT2D eigenvalue weighted by Crippen LogP contribution is -2.24. The van der Waals surface area contributed by atoms with Gasteiger partial charge in [0.05, 0.1) is 0 Å². The van der Waals surface area contributed by atoms with E-state index in [4.69, 9.17) is 5.73 Å². The predicted octanol–water partition coefficient (Wildman–Crippen LogP) is 1.69. The Morgan fingerprint density at radius 1 is 1.47 bits per heavy atom. The number of nitrogens with two attached hydrogens (primary N) is 1. The van der Waals surface area contributed by atoms with E-state index >= 15 is 0 Å². The molecule has 4 nitrogen and oxygen atoms in total. The van der Waals surface area contributed by atoms with Crippen LogP contribution in [0.1, 0.15) is 37.7 Å². The van der Waals surface area contributed by atoms with Gasteiger partial charge in [-0.15, -0.1) is 0 Å². The quantitative estimate of drug-likeness (QED) is 0.864. The Morgan fingerprint density at radius 2 is 2.24 bits per heavy atom. The highest BCUT2D eigenvalue weighted by Crippen LogP contribution is 2.23. The summed E-state index contributed by atoms with van der Waals surface area (Å²) in [7, 11) is 0. The Hall–Kier alpha value is -1.16. The third-order valence-electron chi connectivity index (χ3n) is 3.32. The topological polar surface area (TPSA) is 55.0 Å². The fourth-order valence-electron chi connectivity index (χ4n) is 2.23. The van der Waals surface area contributed by atoms with Crippen LogP contribution in [0.25, 0.3) is 0 Å². The van der Waals surface area contributed by atoms with Crippen LogP contribution in [0.15, 0.2) is 6.07 Å². The molecule has 2 N–H and O–H groups in total. The predicted molar refractivity (Wildman–Crippen MR) is 70.2 cm³/mol. The largest absolute Gasteiger partial charge is 0.356 e. The van der Waals surface area contributed by atoms with Gasteiger partial charge in [0.15, 0.2) is 0 Å². The lowest BCUT2D eigenvalue weighted by atomic mass is 10.1. The van der Waals surface area contributed by atoms with Crippen molar-refractivity contribution in [3.8, 4) is 0 Å². The third kappa shape index (κ3) is 2.75. The summed E-state index contributed by atoms with van der Waals surface area (Å²) in [4.78, 5) is 11.5. The molecule has 0 aromatic carbocycles. The first-order chi connectivity index (χ1) is 8.10. The van der Waals surface area contributed by atoms with Crippen LogP contribution >= 0.6 is 0 Å². The van der Waals surface area contributed by atoms with Crippen LogP contribution in [0.4, 0.5) is 5.82 Å². The molecule has 1 aliphatic heterocycles. The first-order valence-electron chi connectivity index (χ1n) is 6.40. The highest BCUT2D eigenvalue weighted by Gasteiger charge is 2.23. The van der Waals surface area contributed by atoms with Crippen molar-refractivity contribution in [2.45, 2.75) is 33.1 Å². The summed E-state index contributed by atoms with van der Waals surface area (Å²) < 4.78 is 0. The molecule has 94 valence electrons. The average molecular weight is 234 g/mol. The van der Waals surface area contributed by atoms with Crippen LogP contribution in [0, 0.1) is 12.8 Å². The smallest absolute Gasteiger partial charge is 0.133 e. The molecule has 0 aliphatic carbocycles. The summed E-state index contributed by atoms with van der Waals surface area (Å²) in [5, 5.41) is 0. The van der Waals surface area contributed by atoms with Gasteiger partial charge in [-0.2, -0.15) is 0 Å². The minimum absolute atomic E-state index is 0.376. The third-order valence-corrected chi connectivity index (χ3v) is 3.32. The van der Waals surface area contributed by atoms with Crippen LogP contribution in [-0.2, 0) is 0 Å². The van der Waals surface area contributed by atoms with Gasteiger partial charge in [-0.25, -0.2) is 9.97 Å². The van der Waals surface area contributed by atoms with Crippen LogP contribution in [-0.4, -0.2) is 29.6 Å². The van der Waals surface area contributed by atoms with Crippen LogP contribution in [0.3, 0.4) is 0 Å². The number of nitrogens with zero attached hydrogens (tertiary/aromatic N) is 3. The molecule has 1 unspecified atom stereocenters. The maximum absolute atomic E-state index is 5.72. The van der Waals surface area contributed by atoms with E-state index < -0.39 is 0 Å². The average Bonchev–Trinajstić information content (AvgIpc) is 2.76. The van der Waals surface area contributed by atoms with Crippen molar-refractivity contribution in [3.05, 3.63) is 17.6 Å². The lowest BCUT2D eigenvalue weighted by molar-refractivity contribution is 0.602. The second kappa shape index (κ2) is 5.00. The fraction of sp³-hybridized carbons (Fsp3) is 0.692. The Bertz CT molecular complexity index is 389. The van der Waals surface area contributed by atoms with E-state index in [2.05, 4.69) is 34.8 Å². The normalized spacial score (nSPS) is 20.3. The highest BCUT2D eigenvalue weighted by molar-refractivity contribution is 5.41. The first kappa shape index (κ1) is 12.3. The van der Waals surface area contributed by atoms with Gasteiger partial charge >= 0.3 is 0 Å². The summed E-state index contributed by atoms with van der Waals surface area (Å²) in [5.74, 6) is 3.00. The van der Waals surface area contributed by atoms with Gasteiger partial charge < -0.3 is 10.6 Å². The van der Waals surface area contributed by atoms with Gasteiger partial charge in [0.25, 0.3) is 0 Å². The maximum atomic E-state index is 5.72. The molecule has 0 saturated carbocycles. The molecule has 17 heavy (non-hydrogen) atoms. The van der Waals surface area contributed by atoms with E-state index in [1.165, 1.54) is 6.42 Å². The van der Waals surface area contributed by atoms with Crippen molar-refractivity contribution in [2.24, 2.45) is 11.7 Å². The highest BCUT2D eigenvalue weighted by atomic mass is 15.2. The molecular weight excluding hydrogens is 212 g/mol. The number of hydrogen-bond acceptors (Lipinski definition) is 4. The summed E-state index contributed by atoms with van der Waals surface area (Å²) in [5.41, 5.74) is 6.77. The molecule has 1 fully saturated rings. The number of aromatic nitrogens is 2. The van der Waals surface area contributed by atoms with Crippen molar-refractivity contribution in [2.75, 3.05) is 24.5 Å².